The molecule has 1 aliphatic heterocycles. The minimum Gasteiger partial charge on any atom is -0.355 e. The Morgan fingerprint density at radius 1 is 1.25 bits per heavy atom. The van der Waals surface area contributed by atoms with Crippen molar-refractivity contribution in [2.24, 2.45) is 11.1 Å². The van der Waals surface area contributed by atoms with Gasteiger partial charge in [-0.2, -0.15) is 5.26 Å². The van der Waals surface area contributed by atoms with Crippen molar-refractivity contribution in [1.29, 1.82) is 5.26 Å². The minimum atomic E-state index is 0.224. The van der Waals surface area contributed by atoms with Gasteiger partial charge in [0.05, 0.1) is 11.2 Å². The van der Waals surface area contributed by atoms with Crippen LogP contribution < -0.4 is 10.6 Å². The van der Waals surface area contributed by atoms with Crippen LogP contribution in [0, 0.1) is 16.7 Å². The summed E-state index contributed by atoms with van der Waals surface area (Å²) in [5.41, 5.74) is 6.94. The smallest absolute Gasteiger partial charge is 0.175 e. The summed E-state index contributed by atoms with van der Waals surface area (Å²) in [5.74, 6) is 0.737. The Morgan fingerprint density at radius 3 is 2.71 bits per heavy atom. The molecular weight excluding hydrogens is 415 g/mol. The van der Waals surface area contributed by atoms with Gasteiger partial charge in [0.15, 0.2) is 5.69 Å². The molecule has 2 aromatic rings. The van der Waals surface area contributed by atoms with Crippen molar-refractivity contribution in [3.63, 3.8) is 0 Å². The van der Waals surface area contributed by atoms with Crippen LogP contribution in [0.4, 0.5) is 5.82 Å². The van der Waals surface area contributed by atoms with Crippen LogP contribution in [0.2, 0.25) is 10.2 Å². The average molecular weight is 435 g/mol. The third kappa shape index (κ3) is 3.67. The Morgan fingerprint density at radius 2 is 2.04 bits per heavy atom. The molecule has 1 saturated carbocycles. The molecule has 28 heavy (non-hydrogen) atoms. The maximum atomic E-state index is 9.57. The Balaban J connectivity index is 1.52. The standard InChI is InChI=1S/C19H20Cl2N6S/c20-16-13(3-7-24-17(16)21)28-18-12(10-22)26-15(11-25-18)27-8-5-19(6-9-27)4-1-2-14(19)23/h3,7,11,14H,1-2,4-6,8-9,23H2/t14-/m1/s1. The van der Waals surface area contributed by atoms with Crippen LogP contribution in [0.15, 0.2) is 28.4 Å². The summed E-state index contributed by atoms with van der Waals surface area (Å²) in [5, 5.41) is 10.6. The Hall–Kier alpha value is -1.59. The first-order valence-corrected chi connectivity index (χ1v) is 10.9. The van der Waals surface area contributed by atoms with Gasteiger partial charge >= 0.3 is 0 Å². The molecule has 0 aromatic carbocycles. The molecule has 0 radical (unpaired) electrons. The van der Waals surface area contributed by atoms with Gasteiger partial charge in [-0.15, -0.1) is 0 Å². The highest BCUT2D eigenvalue weighted by Crippen LogP contribution is 2.46. The van der Waals surface area contributed by atoms with Crippen molar-refractivity contribution >= 4 is 40.8 Å². The SMILES string of the molecule is N#Cc1nc(N2CCC3(CCC[C@H]3N)CC2)cnc1Sc1ccnc(Cl)c1Cl. The molecule has 0 unspecified atom stereocenters. The summed E-state index contributed by atoms with van der Waals surface area (Å²) in [6.45, 7) is 1.79. The van der Waals surface area contributed by atoms with Crippen LogP contribution in [0.3, 0.4) is 0 Å². The molecule has 2 N–H and O–H groups in total. The number of nitriles is 1. The largest absolute Gasteiger partial charge is 0.355 e. The zero-order valence-electron chi connectivity index (χ0n) is 15.2. The van der Waals surface area contributed by atoms with E-state index < -0.39 is 0 Å². The molecule has 0 bridgehead atoms. The quantitative estimate of drug-likeness (QED) is 0.719. The number of piperidine rings is 1. The summed E-state index contributed by atoms with van der Waals surface area (Å²) >= 11 is 13.4. The summed E-state index contributed by atoms with van der Waals surface area (Å²) in [6.07, 6.45) is 9.02. The monoisotopic (exact) mass is 434 g/mol. The highest BCUT2D eigenvalue weighted by molar-refractivity contribution is 7.99. The van der Waals surface area contributed by atoms with Gasteiger partial charge in [0.25, 0.3) is 0 Å². The van der Waals surface area contributed by atoms with Crippen LogP contribution in [0.25, 0.3) is 0 Å². The lowest BCUT2D eigenvalue weighted by Crippen LogP contribution is -2.47. The molecule has 2 fully saturated rings. The number of rotatable bonds is 3. The van der Waals surface area contributed by atoms with Gasteiger partial charge in [-0.05, 0) is 37.2 Å². The lowest BCUT2D eigenvalue weighted by Gasteiger charge is -2.42. The van der Waals surface area contributed by atoms with E-state index in [0.29, 0.717) is 21.0 Å². The van der Waals surface area contributed by atoms with Crippen LogP contribution in [0.1, 0.15) is 37.8 Å². The van der Waals surface area contributed by atoms with E-state index in [1.165, 1.54) is 24.6 Å². The van der Waals surface area contributed by atoms with Gasteiger partial charge in [-0.25, -0.2) is 15.0 Å². The lowest BCUT2D eigenvalue weighted by molar-refractivity contribution is 0.197. The van der Waals surface area contributed by atoms with Gasteiger partial charge in [0.1, 0.15) is 22.1 Å². The zero-order chi connectivity index (χ0) is 19.7. The molecule has 6 nitrogen and oxygen atoms in total. The second-order valence-electron chi connectivity index (χ2n) is 7.36. The van der Waals surface area contributed by atoms with Crippen LogP contribution >= 0.6 is 35.0 Å². The van der Waals surface area contributed by atoms with Crippen molar-refractivity contribution in [3.8, 4) is 6.07 Å². The number of hydrogen-bond donors (Lipinski definition) is 1. The van der Waals surface area contributed by atoms with Crippen molar-refractivity contribution < 1.29 is 0 Å². The van der Waals surface area contributed by atoms with Crippen LogP contribution in [0.5, 0.6) is 0 Å². The highest BCUT2D eigenvalue weighted by Gasteiger charge is 2.43. The molecule has 1 spiro atoms. The first-order chi connectivity index (χ1) is 13.5. The fourth-order valence-corrected chi connectivity index (χ4v) is 5.48. The number of nitrogens with zero attached hydrogens (tertiary/aromatic N) is 5. The number of anilines is 1. The molecule has 1 saturated heterocycles. The van der Waals surface area contributed by atoms with E-state index in [9.17, 15) is 5.26 Å². The van der Waals surface area contributed by atoms with Crippen molar-refractivity contribution in [2.75, 3.05) is 18.0 Å². The fraction of sp³-hybridized carbons (Fsp3) is 0.474. The number of nitrogens with two attached hydrogens (primary N) is 1. The zero-order valence-corrected chi connectivity index (χ0v) is 17.6. The molecule has 1 aliphatic carbocycles. The molecule has 2 aliphatic rings. The minimum absolute atomic E-state index is 0.224. The van der Waals surface area contributed by atoms with Crippen molar-refractivity contribution in [1.82, 2.24) is 15.0 Å². The average Bonchev–Trinajstić information content (AvgIpc) is 3.06. The Labute approximate surface area is 178 Å². The second kappa shape index (κ2) is 8.03. The van der Waals surface area contributed by atoms with Gasteiger partial charge in [0, 0.05) is 30.2 Å². The molecule has 9 heteroatoms. The van der Waals surface area contributed by atoms with Crippen molar-refractivity contribution in [3.05, 3.63) is 34.3 Å². The third-order valence-electron chi connectivity index (χ3n) is 5.91. The van der Waals surface area contributed by atoms with E-state index in [4.69, 9.17) is 28.9 Å². The first kappa shape index (κ1) is 19.7. The molecule has 146 valence electrons. The predicted octanol–water partition coefficient (Wildman–Crippen LogP) is 4.30. The van der Waals surface area contributed by atoms with E-state index in [0.717, 1.165) is 38.2 Å². The van der Waals surface area contributed by atoms with Gasteiger partial charge < -0.3 is 10.6 Å². The number of halogens is 2. The fourth-order valence-electron chi connectivity index (χ4n) is 4.22. The summed E-state index contributed by atoms with van der Waals surface area (Å²) in [7, 11) is 0. The molecule has 0 amide bonds. The van der Waals surface area contributed by atoms with Gasteiger partial charge in [-0.1, -0.05) is 41.4 Å². The molecular formula is C19H20Cl2N6S. The van der Waals surface area contributed by atoms with E-state index in [2.05, 4.69) is 25.9 Å². The van der Waals surface area contributed by atoms with E-state index >= 15 is 0 Å². The molecule has 4 rings (SSSR count). The summed E-state index contributed by atoms with van der Waals surface area (Å²) < 4.78 is 0. The van der Waals surface area contributed by atoms with Gasteiger partial charge in [0.2, 0.25) is 0 Å². The number of aromatic nitrogens is 3. The highest BCUT2D eigenvalue weighted by atomic mass is 35.5. The second-order valence-corrected chi connectivity index (χ2v) is 9.12. The topological polar surface area (TPSA) is 91.7 Å². The Kier molecular flexibility index (Phi) is 5.66. The third-order valence-corrected chi connectivity index (χ3v) is 7.84. The lowest BCUT2D eigenvalue weighted by atomic mass is 9.74. The van der Waals surface area contributed by atoms with Crippen molar-refractivity contribution in [2.45, 2.75) is 48.1 Å². The molecule has 2 aromatic heterocycles. The summed E-state index contributed by atoms with van der Waals surface area (Å²) in [6, 6.07) is 4.20. The maximum Gasteiger partial charge on any atom is 0.175 e. The Bertz CT molecular complexity index is 923. The van der Waals surface area contributed by atoms with E-state index in [1.54, 1.807) is 18.5 Å². The van der Waals surface area contributed by atoms with E-state index in [-0.39, 0.29) is 16.3 Å². The summed E-state index contributed by atoms with van der Waals surface area (Å²) in [4.78, 5) is 15.9. The van der Waals surface area contributed by atoms with Crippen LogP contribution in [-0.4, -0.2) is 34.1 Å². The molecule has 3 heterocycles. The first-order valence-electron chi connectivity index (χ1n) is 9.28. The van der Waals surface area contributed by atoms with Crippen LogP contribution in [-0.2, 0) is 0 Å². The van der Waals surface area contributed by atoms with E-state index in [1.807, 2.05) is 0 Å². The molecule has 1 atom stereocenters. The predicted molar refractivity (Wildman–Crippen MR) is 111 cm³/mol. The number of hydrogen-bond acceptors (Lipinski definition) is 7. The normalized spacial score (nSPS) is 21.1. The maximum absolute atomic E-state index is 9.57. The van der Waals surface area contributed by atoms with Gasteiger partial charge in [-0.3, -0.25) is 0 Å². The number of pyridine rings is 1.